The lowest BCUT2D eigenvalue weighted by atomic mass is 9.85. The molecule has 0 fully saturated rings. The van der Waals surface area contributed by atoms with Gasteiger partial charge in [-0.15, -0.1) is 0 Å². The van der Waals surface area contributed by atoms with Crippen LogP contribution in [0, 0.1) is 11.3 Å². The first-order valence-electron chi connectivity index (χ1n) is 9.23. The van der Waals surface area contributed by atoms with E-state index < -0.39 is 29.2 Å². The zero-order chi connectivity index (χ0) is 20.7. The zero-order valence-electron chi connectivity index (χ0n) is 18.0. The Balaban J connectivity index is 5.37. The van der Waals surface area contributed by atoms with Crippen molar-refractivity contribution in [1.29, 1.82) is 0 Å². The fraction of sp³-hybridized carbons (Fsp3) is 0.895. The molecule has 6 nitrogen and oxygen atoms in total. The SMILES string of the molecule is CCSCCC(C(=O)N[C@H](C(=O)N(C)C)C(C)(C)C)C(N)OC(C)(C)C. The first-order valence-corrected chi connectivity index (χ1v) is 10.4. The van der Waals surface area contributed by atoms with Crippen LogP contribution in [0.5, 0.6) is 0 Å². The van der Waals surface area contributed by atoms with E-state index in [1.54, 1.807) is 25.9 Å². The monoisotopic (exact) mass is 389 g/mol. The maximum atomic E-state index is 13.0. The highest BCUT2D eigenvalue weighted by Crippen LogP contribution is 2.23. The van der Waals surface area contributed by atoms with E-state index in [9.17, 15) is 9.59 Å². The van der Waals surface area contributed by atoms with Crippen LogP contribution in [-0.4, -0.2) is 60.2 Å². The molecule has 154 valence electrons. The molecule has 0 aliphatic heterocycles. The van der Waals surface area contributed by atoms with Crippen molar-refractivity contribution in [2.75, 3.05) is 25.6 Å². The summed E-state index contributed by atoms with van der Waals surface area (Å²) in [6, 6.07) is -0.617. The lowest BCUT2D eigenvalue weighted by Gasteiger charge is -2.35. The number of thioether (sulfide) groups is 1. The predicted molar refractivity (Wildman–Crippen MR) is 110 cm³/mol. The fourth-order valence-electron chi connectivity index (χ4n) is 2.45. The van der Waals surface area contributed by atoms with Crippen molar-refractivity contribution in [3.63, 3.8) is 0 Å². The molecule has 0 radical (unpaired) electrons. The summed E-state index contributed by atoms with van der Waals surface area (Å²) < 4.78 is 5.84. The lowest BCUT2D eigenvalue weighted by molar-refractivity contribution is -0.144. The van der Waals surface area contributed by atoms with E-state index in [0.29, 0.717) is 6.42 Å². The number of carbonyl (C=O) groups is 2. The van der Waals surface area contributed by atoms with Crippen LogP contribution in [0.15, 0.2) is 0 Å². The van der Waals surface area contributed by atoms with Crippen molar-refractivity contribution in [1.82, 2.24) is 10.2 Å². The van der Waals surface area contributed by atoms with E-state index >= 15 is 0 Å². The van der Waals surface area contributed by atoms with E-state index in [0.717, 1.165) is 11.5 Å². The third-order valence-electron chi connectivity index (χ3n) is 3.84. The van der Waals surface area contributed by atoms with Crippen LogP contribution in [0.3, 0.4) is 0 Å². The number of nitrogens with one attached hydrogen (secondary N) is 1. The van der Waals surface area contributed by atoms with E-state index in [1.165, 1.54) is 4.90 Å². The Morgan fingerprint density at radius 3 is 2.08 bits per heavy atom. The average molecular weight is 390 g/mol. The van der Waals surface area contributed by atoms with Crippen LogP contribution >= 0.6 is 11.8 Å². The number of amides is 2. The van der Waals surface area contributed by atoms with E-state index in [1.807, 2.05) is 41.5 Å². The lowest BCUT2D eigenvalue weighted by Crippen LogP contribution is -2.56. The summed E-state index contributed by atoms with van der Waals surface area (Å²) in [5.41, 5.74) is 5.37. The standard InChI is InChI=1S/C19H39N3O3S/c1-10-26-12-11-13(15(20)25-19(5,6)7)16(23)21-14(18(2,3)4)17(24)22(8)9/h13-15H,10-12,20H2,1-9H3,(H,21,23)/t13?,14-,15?/m1/s1. The van der Waals surface area contributed by atoms with Crippen molar-refractivity contribution < 1.29 is 14.3 Å². The van der Waals surface area contributed by atoms with Crippen LogP contribution in [0.4, 0.5) is 0 Å². The number of likely N-dealkylation sites (N-methyl/N-ethyl adjacent to an activating group) is 1. The molecule has 0 aliphatic rings. The number of carbonyl (C=O) groups excluding carboxylic acids is 2. The van der Waals surface area contributed by atoms with E-state index in [-0.39, 0.29) is 11.8 Å². The molecule has 0 bridgehead atoms. The van der Waals surface area contributed by atoms with Gasteiger partial charge in [0.15, 0.2) is 0 Å². The summed E-state index contributed by atoms with van der Waals surface area (Å²) in [6.45, 7) is 13.6. The Morgan fingerprint density at radius 1 is 1.15 bits per heavy atom. The van der Waals surface area contributed by atoms with Gasteiger partial charge in [0.1, 0.15) is 12.3 Å². The minimum Gasteiger partial charge on any atom is -0.357 e. The van der Waals surface area contributed by atoms with E-state index in [4.69, 9.17) is 10.5 Å². The summed E-state index contributed by atoms with van der Waals surface area (Å²) >= 11 is 1.76. The van der Waals surface area contributed by atoms with Crippen molar-refractivity contribution in [3.05, 3.63) is 0 Å². The second-order valence-electron chi connectivity index (χ2n) is 8.83. The van der Waals surface area contributed by atoms with Crippen LogP contribution in [0.1, 0.15) is 54.9 Å². The van der Waals surface area contributed by atoms with Gasteiger partial charge >= 0.3 is 0 Å². The molecule has 0 saturated carbocycles. The predicted octanol–water partition coefficient (Wildman–Crippen LogP) is 2.46. The molecule has 26 heavy (non-hydrogen) atoms. The largest absolute Gasteiger partial charge is 0.357 e. The Hall–Kier alpha value is -0.790. The molecule has 0 aromatic heterocycles. The van der Waals surface area contributed by atoms with Gasteiger partial charge in [0.05, 0.1) is 11.5 Å². The summed E-state index contributed by atoms with van der Waals surface area (Å²) in [7, 11) is 3.38. The Labute approximate surface area is 164 Å². The minimum absolute atomic E-state index is 0.127. The number of rotatable bonds is 9. The molecular weight excluding hydrogens is 350 g/mol. The molecule has 0 spiro atoms. The van der Waals surface area contributed by atoms with Gasteiger partial charge in [-0.2, -0.15) is 11.8 Å². The van der Waals surface area contributed by atoms with Crippen LogP contribution in [0.25, 0.3) is 0 Å². The highest BCUT2D eigenvalue weighted by atomic mass is 32.2. The van der Waals surface area contributed by atoms with Gasteiger partial charge in [0.2, 0.25) is 11.8 Å². The van der Waals surface area contributed by atoms with Crippen molar-refractivity contribution >= 4 is 23.6 Å². The Bertz CT molecular complexity index is 456. The molecule has 0 heterocycles. The normalized spacial score (nSPS) is 15.9. The molecule has 0 aromatic rings. The molecule has 2 amide bonds. The van der Waals surface area contributed by atoms with Gasteiger partial charge in [-0.25, -0.2) is 0 Å². The summed E-state index contributed by atoms with van der Waals surface area (Å²) in [4.78, 5) is 27.1. The molecular formula is C19H39N3O3S. The van der Waals surface area contributed by atoms with Crippen molar-refractivity contribution in [2.45, 2.75) is 72.8 Å². The average Bonchev–Trinajstić information content (AvgIpc) is 2.45. The molecule has 0 aromatic carbocycles. The highest BCUT2D eigenvalue weighted by molar-refractivity contribution is 7.99. The molecule has 2 unspecified atom stereocenters. The third kappa shape index (κ3) is 9.24. The molecule has 3 N–H and O–H groups in total. The maximum absolute atomic E-state index is 13.0. The van der Waals surface area contributed by atoms with Crippen molar-refractivity contribution in [2.24, 2.45) is 17.1 Å². The topological polar surface area (TPSA) is 84.7 Å². The van der Waals surface area contributed by atoms with Crippen LogP contribution in [-0.2, 0) is 14.3 Å². The molecule has 0 saturated heterocycles. The van der Waals surface area contributed by atoms with Gasteiger partial charge in [0, 0.05) is 14.1 Å². The van der Waals surface area contributed by atoms with Gasteiger partial charge in [-0.1, -0.05) is 27.7 Å². The summed E-state index contributed by atoms with van der Waals surface area (Å²) in [5, 5.41) is 2.93. The zero-order valence-corrected chi connectivity index (χ0v) is 18.8. The quantitative estimate of drug-likeness (QED) is 0.467. The molecule has 0 aliphatic carbocycles. The fourth-order valence-corrected chi connectivity index (χ4v) is 3.16. The van der Waals surface area contributed by atoms with Gasteiger partial charge < -0.3 is 20.7 Å². The number of hydrogen-bond donors (Lipinski definition) is 2. The smallest absolute Gasteiger partial charge is 0.245 e. The van der Waals surface area contributed by atoms with Gasteiger partial charge in [-0.3, -0.25) is 9.59 Å². The van der Waals surface area contributed by atoms with Crippen LogP contribution in [0.2, 0.25) is 0 Å². The molecule has 3 atom stereocenters. The molecule has 7 heteroatoms. The van der Waals surface area contributed by atoms with E-state index in [2.05, 4.69) is 12.2 Å². The number of hydrogen-bond acceptors (Lipinski definition) is 5. The highest BCUT2D eigenvalue weighted by Gasteiger charge is 2.37. The van der Waals surface area contributed by atoms with Gasteiger partial charge in [-0.05, 0) is 44.1 Å². The maximum Gasteiger partial charge on any atom is 0.245 e. The number of nitrogens with two attached hydrogens (primary N) is 1. The Kier molecular flexibility index (Phi) is 10.2. The number of nitrogens with zero attached hydrogens (tertiary/aromatic N) is 1. The first-order chi connectivity index (χ1) is 11.7. The third-order valence-corrected chi connectivity index (χ3v) is 4.77. The van der Waals surface area contributed by atoms with Crippen LogP contribution < -0.4 is 11.1 Å². The second-order valence-corrected chi connectivity index (χ2v) is 10.2. The van der Waals surface area contributed by atoms with Crippen molar-refractivity contribution in [3.8, 4) is 0 Å². The first kappa shape index (κ1) is 25.2. The van der Waals surface area contributed by atoms with Gasteiger partial charge in [0.25, 0.3) is 0 Å². The minimum atomic E-state index is -0.720. The summed E-state index contributed by atoms with van der Waals surface area (Å²) in [6.07, 6.45) is -0.114. The number of ether oxygens (including phenoxy) is 1. The summed E-state index contributed by atoms with van der Waals surface area (Å²) in [5.74, 6) is 0.935. The Morgan fingerprint density at radius 2 is 1.69 bits per heavy atom. The second kappa shape index (κ2) is 10.5. The molecule has 0 rings (SSSR count).